The van der Waals surface area contributed by atoms with Crippen molar-refractivity contribution >= 4 is 5.91 Å². The Balaban J connectivity index is 2.07. The molecule has 0 spiro atoms. The van der Waals surface area contributed by atoms with Gasteiger partial charge in [-0.05, 0) is 26.5 Å². The summed E-state index contributed by atoms with van der Waals surface area (Å²) in [6.07, 6.45) is 2.86. The van der Waals surface area contributed by atoms with Crippen LogP contribution in [0.5, 0.6) is 0 Å². The van der Waals surface area contributed by atoms with Gasteiger partial charge < -0.3 is 15.2 Å². The highest BCUT2D eigenvalue weighted by atomic mass is 16.2. The van der Waals surface area contributed by atoms with E-state index in [1.807, 2.05) is 31.1 Å². The first-order chi connectivity index (χ1) is 7.22. The van der Waals surface area contributed by atoms with E-state index >= 15 is 0 Å². The average molecular weight is 207 g/mol. The zero-order valence-corrected chi connectivity index (χ0v) is 9.21. The number of nitrogens with one attached hydrogen (secondary N) is 2. The van der Waals surface area contributed by atoms with Crippen LogP contribution in [0.4, 0.5) is 0 Å². The third kappa shape index (κ3) is 1.90. The van der Waals surface area contributed by atoms with Gasteiger partial charge in [0.25, 0.3) is 5.91 Å². The molecule has 1 amide bonds. The molecule has 0 radical (unpaired) electrons. The Morgan fingerprint density at radius 3 is 3.00 bits per heavy atom. The Bertz CT molecular complexity index is 358. The number of hydrogen-bond donors (Lipinski definition) is 2. The van der Waals surface area contributed by atoms with Gasteiger partial charge in [0.15, 0.2) is 0 Å². The van der Waals surface area contributed by atoms with E-state index in [0.717, 1.165) is 30.8 Å². The fourth-order valence-corrected chi connectivity index (χ4v) is 2.04. The van der Waals surface area contributed by atoms with Crippen LogP contribution in [-0.2, 0) is 0 Å². The van der Waals surface area contributed by atoms with Gasteiger partial charge in [-0.1, -0.05) is 0 Å². The first-order valence-electron chi connectivity index (χ1n) is 5.33. The van der Waals surface area contributed by atoms with Crippen LogP contribution in [0.15, 0.2) is 12.3 Å². The van der Waals surface area contributed by atoms with Gasteiger partial charge in [-0.15, -0.1) is 0 Å². The van der Waals surface area contributed by atoms with Crippen molar-refractivity contribution < 1.29 is 4.79 Å². The Kier molecular flexibility index (Phi) is 2.77. The van der Waals surface area contributed by atoms with Crippen molar-refractivity contribution in [3.63, 3.8) is 0 Å². The summed E-state index contributed by atoms with van der Waals surface area (Å²) in [7, 11) is 1.94. The van der Waals surface area contributed by atoms with E-state index in [1.165, 1.54) is 0 Å². The zero-order chi connectivity index (χ0) is 10.8. The minimum Gasteiger partial charge on any atom is -0.365 e. The number of hydrogen-bond acceptors (Lipinski definition) is 2. The van der Waals surface area contributed by atoms with Crippen LogP contribution >= 0.6 is 0 Å². The summed E-state index contributed by atoms with van der Waals surface area (Å²) < 4.78 is 0. The summed E-state index contributed by atoms with van der Waals surface area (Å²) in [4.78, 5) is 17.0. The van der Waals surface area contributed by atoms with Crippen LogP contribution in [0.3, 0.4) is 0 Å². The van der Waals surface area contributed by atoms with Crippen LogP contribution in [0, 0.1) is 6.92 Å². The first kappa shape index (κ1) is 10.2. The third-order valence-electron chi connectivity index (χ3n) is 3.07. The van der Waals surface area contributed by atoms with Gasteiger partial charge in [-0.25, -0.2) is 0 Å². The summed E-state index contributed by atoms with van der Waals surface area (Å²) in [5, 5.41) is 3.21. The molecule has 1 atom stereocenters. The second-order valence-electron chi connectivity index (χ2n) is 4.04. The number of likely N-dealkylation sites (N-methyl/N-ethyl adjacent to an activating group) is 1. The lowest BCUT2D eigenvalue weighted by Crippen LogP contribution is -2.33. The summed E-state index contributed by atoms with van der Waals surface area (Å²) in [6.45, 7) is 3.60. The number of H-pyrrole nitrogens is 1. The highest BCUT2D eigenvalue weighted by Crippen LogP contribution is 2.15. The average Bonchev–Trinajstić information content (AvgIpc) is 2.84. The molecule has 1 unspecified atom stereocenters. The molecule has 1 aliphatic heterocycles. The number of likely N-dealkylation sites (tertiary alicyclic amines) is 1. The number of carbonyl (C=O) groups is 1. The van der Waals surface area contributed by atoms with E-state index in [2.05, 4.69) is 10.3 Å². The number of aromatic nitrogens is 1. The molecule has 15 heavy (non-hydrogen) atoms. The van der Waals surface area contributed by atoms with Crippen LogP contribution in [0.25, 0.3) is 0 Å². The van der Waals surface area contributed by atoms with E-state index < -0.39 is 0 Å². The minimum atomic E-state index is 0.145. The molecular weight excluding hydrogens is 190 g/mol. The predicted octanol–water partition coefficient (Wildman–Crippen LogP) is 0.757. The molecule has 0 saturated carbocycles. The molecule has 1 saturated heterocycles. The molecule has 0 bridgehead atoms. The van der Waals surface area contributed by atoms with Crippen molar-refractivity contribution in [1.29, 1.82) is 0 Å². The maximum Gasteiger partial charge on any atom is 0.255 e. The van der Waals surface area contributed by atoms with Gasteiger partial charge in [-0.3, -0.25) is 4.79 Å². The summed E-state index contributed by atoms with van der Waals surface area (Å²) in [6, 6.07) is 2.30. The molecule has 2 N–H and O–H groups in total. The number of nitrogens with zero attached hydrogens (tertiary/aromatic N) is 1. The molecule has 4 nitrogen and oxygen atoms in total. The van der Waals surface area contributed by atoms with Crippen molar-refractivity contribution in [2.45, 2.75) is 19.4 Å². The van der Waals surface area contributed by atoms with E-state index in [9.17, 15) is 4.79 Å². The molecule has 2 heterocycles. The first-order valence-corrected chi connectivity index (χ1v) is 5.33. The van der Waals surface area contributed by atoms with Gasteiger partial charge >= 0.3 is 0 Å². The Labute approximate surface area is 89.7 Å². The summed E-state index contributed by atoms with van der Waals surface area (Å²) in [5.74, 6) is 0.145. The highest BCUT2D eigenvalue weighted by molar-refractivity contribution is 5.95. The maximum atomic E-state index is 12.1. The summed E-state index contributed by atoms with van der Waals surface area (Å²) >= 11 is 0. The van der Waals surface area contributed by atoms with Gasteiger partial charge in [0.2, 0.25) is 0 Å². The molecule has 0 aliphatic carbocycles. The Morgan fingerprint density at radius 1 is 1.67 bits per heavy atom. The number of rotatable bonds is 2. The normalized spacial score (nSPS) is 20.9. The third-order valence-corrected chi connectivity index (χ3v) is 3.07. The van der Waals surface area contributed by atoms with E-state index in [0.29, 0.717) is 6.04 Å². The minimum absolute atomic E-state index is 0.145. The molecule has 4 heteroatoms. The van der Waals surface area contributed by atoms with Crippen molar-refractivity contribution in [2.24, 2.45) is 0 Å². The number of aryl methyl sites for hydroxylation is 1. The molecule has 0 aromatic carbocycles. The van der Waals surface area contributed by atoms with Crippen LogP contribution in [-0.4, -0.2) is 42.0 Å². The van der Waals surface area contributed by atoms with Crippen LogP contribution in [0.1, 0.15) is 22.5 Å². The lowest BCUT2D eigenvalue weighted by Gasteiger charge is -2.16. The van der Waals surface area contributed by atoms with E-state index in [1.54, 1.807) is 0 Å². The van der Waals surface area contributed by atoms with Crippen LogP contribution < -0.4 is 5.32 Å². The van der Waals surface area contributed by atoms with E-state index in [4.69, 9.17) is 0 Å². The SMILES string of the molecule is CNC1CCN(C(=O)c2cc[nH]c2C)C1. The Morgan fingerprint density at radius 2 is 2.47 bits per heavy atom. The largest absolute Gasteiger partial charge is 0.365 e. The monoisotopic (exact) mass is 207 g/mol. The summed E-state index contributed by atoms with van der Waals surface area (Å²) in [5.41, 5.74) is 1.75. The molecule has 1 aromatic rings. The van der Waals surface area contributed by atoms with Crippen molar-refractivity contribution in [3.8, 4) is 0 Å². The molecule has 1 fully saturated rings. The number of amides is 1. The maximum absolute atomic E-state index is 12.1. The fourth-order valence-electron chi connectivity index (χ4n) is 2.04. The Hall–Kier alpha value is -1.29. The number of aromatic amines is 1. The molecule has 82 valence electrons. The number of carbonyl (C=O) groups excluding carboxylic acids is 1. The van der Waals surface area contributed by atoms with Crippen molar-refractivity contribution in [1.82, 2.24) is 15.2 Å². The van der Waals surface area contributed by atoms with Crippen LogP contribution in [0.2, 0.25) is 0 Å². The lowest BCUT2D eigenvalue weighted by molar-refractivity contribution is 0.0789. The lowest BCUT2D eigenvalue weighted by atomic mass is 10.2. The van der Waals surface area contributed by atoms with E-state index in [-0.39, 0.29) is 5.91 Å². The second kappa shape index (κ2) is 4.06. The molecule has 1 aromatic heterocycles. The van der Waals surface area contributed by atoms with Gasteiger partial charge in [0.1, 0.15) is 0 Å². The zero-order valence-electron chi connectivity index (χ0n) is 9.21. The van der Waals surface area contributed by atoms with Gasteiger partial charge in [0.05, 0.1) is 5.56 Å². The van der Waals surface area contributed by atoms with Crippen molar-refractivity contribution in [3.05, 3.63) is 23.5 Å². The van der Waals surface area contributed by atoms with Gasteiger partial charge in [-0.2, -0.15) is 0 Å². The fraction of sp³-hybridized carbons (Fsp3) is 0.545. The second-order valence-corrected chi connectivity index (χ2v) is 4.04. The molecule has 1 aliphatic rings. The molecule has 2 rings (SSSR count). The standard InChI is InChI=1S/C11H17N3O/c1-8-10(3-5-13-8)11(15)14-6-4-9(7-14)12-2/h3,5,9,12-13H,4,6-7H2,1-2H3. The van der Waals surface area contributed by atoms with Crippen molar-refractivity contribution in [2.75, 3.05) is 20.1 Å². The van der Waals surface area contributed by atoms with Gasteiger partial charge in [0, 0.05) is 31.0 Å². The molecular formula is C11H17N3O. The highest BCUT2D eigenvalue weighted by Gasteiger charge is 2.26. The smallest absolute Gasteiger partial charge is 0.255 e. The quantitative estimate of drug-likeness (QED) is 0.752. The topological polar surface area (TPSA) is 48.1 Å². The predicted molar refractivity (Wildman–Crippen MR) is 58.9 cm³/mol.